The Balaban J connectivity index is 1.90. The predicted molar refractivity (Wildman–Crippen MR) is 45.8 cm³/mol. The van der Waals surface area contributed by atoms with Crippen molar-refractivity contribution in [2.75, 3.05) is 0 Å². The van der Waals surface area contributed by atoms with Gasteiger partial charge in [0.15, 0.2) is 0 Å². The average molecular weight is 166 g/mol. The fourth-order valence-corrected chi connectivity index (χ4v) is 2.05. The largest absolute Gasteiger partial charge is 0.481 e. The molecule has 12 heavy (non-hydrogen) atoms. The first-order chi connectivity index (χ1) is 5.73. The SMILES string of the molecule is O=C(O)C1(CC2CC=CC2)CC1. The molecule has 0 atom stereocenters. The van der Waals surface area contributed by atoms with Crippen LogP contribution >= 0.6 is 0 Å². The monoisotopic (exact) mass is 166 g/mol. The van der Waals surface area contributed by atoms with Crippen molar-refractivity contribution in [2.45, 2.75) is 32.1 Å². The summed E-state index contributed by atoms with van der Waals surface area (Å²) in [6, 6.07) is 0. The molecule has 1 fully saturated rings. The number of rotatable bonds is 3. The van der Waals surface area contributed by atoms with Gasteiger partial charge in [-0.05, 0) is 38.0 Å². The predicted octanol–water partition coefficient (Wildman–Crippen LogP) is 2.21. The smallest absolute Gasteiger partial charge is 0.309 e. The van der Waals surface area contributed by atoms with Gasteiger partial charge < -0.3 is 5.11 Å². The highest BCUT2D eigenvalue weighted by Crippen LogP contribution is 2.52. The third-order valence-electron chi connectivity index (χ3n) is 3.09. The number of hydrogen-bond donors (Lipinski definition) is 1. The van der Waals surface area contributed by atoms with Gasteiger partial charge in [-0.15, -0.1) is 0 Å². The lowest BCUT2D eigenvalue weighted by Crippen LogP contribution is -2.18. The highest BCUT2D eigenvalue weighted by atomic mass is 16.4. The first-order valence-electron chi connectivity index (χ1n) is 4.61. The van der Waals surface area contributed by atoms with Gasteiger partial charge in [0.2, 0.25) is 0 Å². The fraction of sp³-hybridized carbons (Fsp3) is 0.700. The van der Waals surface area contributed by atoms with Crippen LogP contribution in [0.4, 0.5) is 0 Å². The van der Waals surface area contributed by atoms with E-state index in [4.69, 9.17) is 5.11 Å². The molecule has 2 aliphatic carbocycles. The van der Waals surface area contributed by atoms with Crippen molar-refractivity contribution in [3.63, 3.8) is 0 Å². The van der Waals surface area contributed by atoms with Crippen LogP contribution in [-0.2, 0) is 4.79 Å². The highest BCUT2D eigenvalue weighted by Gasteiger charge is 2.50. The summed E-state index contributed by atoms with van der Waals surface area (Å²) in [6.45, 7) is 0. The Morgan fingerprint density at radius 2 is 2.00 bits per heavy atom. The molecule has 2 nitrogen and oxygen atoms in total. The molecule has 0 bridgehead atoms. The molecule has 0 aromatic carbocycles. The second-order valence-electron chi connectivity index (χ2n) is 4.10. The third kappa shape index (κ3) is 1.26. The molecular formula is C10H14O2. The summed E-state index contributed by atoms with van der Waals surface area (Å²) in [6.07, 6.45) is 9.22. The molecule has 2 heteroatoms. The van der Waals surface area contributed by atoms with Crippen LogP contribution in [0.15, 0.2) is 12.2 Å². The summed E-state index contributed by atoms with van der Waals surface area (Å²) >= 11 is 0. The Morgan fingerprint density at radius 3 is 2.42 bits per heavy atom. The number of carboxylic acids is 1. The molecule has 66 valence electrons. The second kappa shape index (κ2) is 2.61. The zero-order valence-corrected chi connectivity index (χ0v) is 7.12. The van der Waals surface area contributed by atoms with E-state index in [1.807, 2.05) is 0 Å². The maximum atomic E-state index is 10.9. The maximum absolute atomic E-state index is 10.9. The number of carbonyl (C=O) groups is 1. The molecule has 0 aromatic heterocycles. The van der Waals surface area contributed by atoms with Gasteiger partial charge in [-0.25, -0.2) is 0 Å². The summed E-state index contributed by atoms with van der Waals surface area (Å²) < 4.78 is 0. The highest BCUT2D eigenvalue weighted by molar-refractivity contribution is 5.77. The Labute approximate surface area is 72.3 Å². The first kappa shape index (κ1) is 7.84. The van der Waals surface area contributed by atoms with Crippen molar-refractivity contribution >= 4 is 5.97 Å². The molecule has 0 aliphatic heterocycles. The molecular weight excluding hydrogens is 152 g/mol. The first-order valence-corrected chi connectivity index (χ1v) is 4.61. The minimum atomic E-state index is -0.575. The van der Waals surface area contributed by atoms with Crippen molar-refractivity contribution in [3.8, 4) is 0 Å². The van der Waals surface area contributed by atoms with E-state index in [9.17, 15) is 4.79 Å². The van der Waals surface area contributed by atoms with E-state index < -0.39 is 5.97 Å². The molecule has 0 amide bonds. The molecule has 2 rings (SSSR count). The van der Waals surface area contributed by atoms with Crippen LogP contribution < -0.4 is 0 Å². The van der Waals surface area contributed by atoms with Gasteiger partial charge in [0.1, 0.15) is 0 Å². The lowest BCUT2D eigenvalue weighted by molar-refractivity contribution is -0.144. The van der Waals surface area contributed by atoms with E-state index in [1.54, 1.807) is 0 Å². The quantitative estimate of drug-likeness (QED) is 0.652. The Hall–Kier alpha value is -0.790. The van der Waals surface area contributed by atoms with E-state index in [-0.39, 0.29) is 5.41 Å². The lowest BCUT2D eigenvalue weighted by atomic mass is 9.90. The van der Waals surface area contributed by atoms with Crippen LogP contribution in [0.2, 0.25) is 0 Å². The maximum Gasteiger partial charge on any atom is 0.309 e. The molecule has 0 saturated heterocycles. The van der Waals surface area contributed by atoms with Crippen LogP contribution in [0.1, 0.15) is 32.1 Å². The molecule has 0 unspecified atom stereocenters. The van der Waals surface area contributed by atoms with Crippen LogP contribution in [0.3, 0.4) is 0 Å². The lowest BCUT2D eigenvalue weighted by Gasteiger charge is -2.14. The Morgan fingerprint density at radius 1 is 1.42 bits per heavy atom. The van der Waals surface area contributed by atoms with Crippen molar-refractivity contribution < 1.29 is 9.90 Å². The van der Waals surface area contributed by atoms with Gasteiger partial charge in [-0.2, -0.15) is 0 Å². The molecule has 2 aliphatic rings. The normalized spacial score (nSPS) is 26.0. The number of aliphatic carboxylic acids is 1. The minimum absolute atomic E-state index is 0.309. The third-order valence-corrected chi connectivity index (χ3v) is 3.09. The summed E-state index contributed by atoms with van der Waals surface area (Å²) in [5.74, 6) is 0.0398. The topological polar surface area (TPSA) is 37.3 Å². The zero-order chi connectivity index (χ0) is 8.60. The van der Waals surface area contributed by atoms with E-state index >= 15 is 0 Å². The molecule has 0 spiro atoms. The number of carboxylic acid groups (broad SMARTS) is 1. The van der Waals surface area contributed by atoms with E-state index in [0.29, 0.717) is 5.92 Å². The molecule has 0 heterocycles. The molecule has 0 radical (unpaired) electrons. The van der Waals surface area contributed by atoms with Crippen molar-refractivity contribution in [2.24, 2.45) is 11.3 Å². The fourth-order valence-electron chi connectivity index (χ4n) is 2.05. The number of allylic oxidation sites excluding steroid dienone is 2. The van der Waals surface area contributed by atoms with Crippen LogP contribution in [0.25, 0.3) is 0 Å². The number of hydrogen-bond acceptors (Lipinski definition) is 1. The van der Waals surface area contributed by atoms with Crippen molar-refractivity contribution in [1.29, 1.82) is 0 Å². The van der Waals surface area contributed by atoms with Crippen molar-refractivity contribution in [3.05, 3.63) is 12.2 Å². The van der Waals surface area contributed by atoms with Gasteiger partial charge in [-0.1, -0.05) is 12.2 Å². The zero-order valence-electron chi connectivity index (χ0n) is 7.12. The van der Waals surface area contributed by atoms with Crippen LogP contribution in [0, 0.1) is 11.3 Å². The van der Waals surface area contributed by atoms with Crippen LogP contribution in [-0.4, -0.2) is 11.1 Å². The Bertz CT molecular complexity index is 218. The van der Waals surface area contributed by atoms with Crippen LogP contribution in [0.5, 0.6) is 0 Å². The average Bonchev–Trinajstić information content (AvgIpc) is 2.60. The van der Waals surface area contributed by atoms with Gasteiger partial charge in [0.05, 0.1) is 5.41 Å². The minimum Gasteiger partial charge on any atom is -0.481 e. The van der Waals surface area contributed by atoms with E-state index in [2.05, 4.69) is 12.2 Å². The molecule has 1 N–H and O–H groups in total. The molecule has 0 aromatic rings. The van der Waals surface area contributed by atoms with Crippen molar-refractivity contribution in [1.82, 2.24) is 0 Å². The standard InChI is InChI=1S/C10H14O2/c11-9(12)10(5-6-10)7-8-3-1-2-4-8/h1-2,8H,3-7H2,(H,11,12). The van der Waals surface area contributed by atoms with Gasteiger partial charge in [0, 0.05) is 0 Å². The van der Waals surface area contributed by atoms with E-state index in [1.165, 1.54) is 0 Å². The van der Waals surface area contributed by atoms with Gasteiger partial charge >= 0.3 is 5.97 Å². The summed E-state index contributed by atoms with van der Waals surface area (Å²) in [5, 5.41) is 8.94. The molecule has 1 saturated carbocycles. The summed E-state index contributed by atoms with van der Waals surface area (Å²) in [4.78, 5) is 10.9. The summed E-state index contributed by atoms with van der Waals surface area (Å²) in [7, 11) is 0. The van der Waals surface area contributed by atoms with Gasteiger partial charge in [0.25, 0.3) is 0 Å². The van der Waals surface area contributed by atoms with E-state index in [0.717, 1.165) is 32.1 Å². The Kier molecular flexibility index (Phi) is 1.71. The summed E-state index contributed by atoms with van der Waals surface area (Å²) in [5.41, 5.74) is -0.309. The second-order valence-corrected chi connectivity index (χ2v) is 4.10. The van der Waals surface area contributed by atoms with Gasteiger partial charge in [-0.3, -0.25) is 4.79 Å².